The van der Waals surface area contributed by atoms with Crippen molar-refractivity contribution in [1.82, 2.24) is 4.72 Å². The van der Waals surface area contributed by atoms with Gasteiger partial charge in [0.2, 0.25) is 10.0 Å². The zero-order valence-electron chi connectivity index (χ0n) is 14.7. The minimum Gasteiger partial charge on any atom is -0.211 e. The molecule has 2 aromatic rings. The summed E-state index contributed by atoms with van der Waals surface area (Å²) >= 11 is 0. The second kappa shape index (κ2) is 9.68. The first kappa shape index (κ1) is 19.6. The normalized spacial score (nSPS) is 11.6. The number of halogens is 1. The third kappa shape index (κ3) is 6.59. The van der Waals surface area contributed by atoms with Crippen molar-refractivity contribution in [3.05, 3.63) is 65.5 Å². The SMILES string of the molecule is CCCCCCc1ccc(S(=O)(=O)NCCc2ccc(F)cc2)cc1. The van der Waals surface area contributed by atoms with Crippen molar-refractivity contribution < 1.29 is 12.8 Å². The highest BCUT2D eigenvalue weighted by molar-refractivity contribution is 7.89. The van der Waals surface area contributed by atoms with Gasteiger partial charge in [-0.1, -0.05) is 50.5 Å². The molecule has 0 aromatic heterocycles. The second-order valence-electron chi connectivity index (χ2n) is 6.23. The van der Waals surface area contributed by atoms with E-state index in [0.29, 0.717) is 6.42 Å². The second-order valence-corrected chi connectivity index (χ2v) is 8.00. The summed E-state index contributed by atoms with van der Waals surface area (Å²) in [5.74, 6) is -0.292. The summed E-state index contributed by atoms with van der Waals surface area (Å²) in [6.07, 6.45) is 6.30. The van der Waals surface area contributed by atoms with Crippen LogP contribution in [0.15, 0.2) is 53.4 Å². The number of benzene rings is 2. The molecule has 0 saturated carbocycles. The van der Waals surface area contributed by atoms with Crippen LogP contribution in [0.1, 0.15) is 43.7 Å². The van der Waals surface area contributed by atoms with Gasteiger partial charge in [-0.05, 0) is 54.7 Å². The van der Waals surface area contributed by atoms with Crippen LogP contribution in [0.5, 0.6) is 0 Å². The standard InChI is InChI=1S/C20H26FNO2S/c1-2-3-4-5-6-17-9-13-20(14-10-17)25(23,24)22-16-15-18-7-11-19(21)12-8-18/h7-14,22H,2-6,15-16H2,1H3. The quantitative estimate of drug-likeness (QED) is 0.633. The first-order chi connectivity index (χ1) is 12.0. The molecule has 0 fully saturated rings. The number of sulfonamides is 1. The third-order valence-electron chi connectivity index (χ3n) is 4.17. The molecule has 0 aliphatic rings. The highest BCUT2D eigenvalue weighted by Crippen LogP contribution is 2.13. The molecule has 2 rings (SSSR count). The van der Waals surface area contributed by atoms with Crippen LogP contribution in [0.25, 0.3) is 0 Å². The molecule has 0 saturated heterocycles. The molecule has 0 amide bonds. The molecular formula is C20H26FNO2S. The molecule has 2 aromatic carbocycles. The van der Waals surface area contributed by atoms with Crippen LogP contribution in [-0.2, 0) is 22.9 Å². The van der Waals surface area contributed by atoms with E-state index in [2.05, 4.69) is 11.6 Å². The molecule has 0 radical (unpaired) electrons. The first-order valence-corrected chi connectivity index (χ1v) is 10.3. The molecule has 3 nitrogen and oxygen atoms in total. The minimum atomic E-state index is -3.51. The summed E-state index contributed by atoms with van der Waals surface area (Å²) < 4.78 is 40.1. The summed E-state index contributed by atoms with van der Waals surface area (Å²) in [6.45, 7) is 2.47. The molecule has 136 valence electrons. The van der Waals surface area contributed by atoms with Crippen LogP contribution in [0.4, 0.5) is 4.39 Å². The maximum atomic E-state index is 12.9. The van der Waals surface area contributed by atoms with Gasteiger partial charge in [0, 0.05) is 6.54 Å². The number of nitrogens with one attached hydrogen (secondary N) is 1. The van der Waals surface area contributed by atoms with E-state index in [1.807, 2.05) is 12.1 Å². The monoisotopic (exact) mass is 363 g/mol. The fraction of sp³-hybridized carbons (Fsp3) is 0.400. The molecular weight excluding hydrogens is 337 g/mol. The van der Waals surface area contributed by atoms with E-state index in [4.69, 9.17) is 0 Å². The Hall–Kier alpha value is -1.72. The highest BCUT2D eigenvalue weighted by Gasteiger charge is 2.13. The van der Waals surface area contributed by atoms with E-state index in [1.54, 1.807) is 24.3 Å². The average molecular weight is 363 g/mol. The van der Waals surface area contributed by atoms with E-state index in [9.17, 15) is 12.8 Å². The molecule has 0 heterocycles. The lowest BCUT2D eigenvalue weighted by atomic mass is 10.1. The summed E-state index contributed by atoms with van der Waals surface area (Å²) in [7, 11) is -3.51. The molecule has 0 bridgehead atoms. The molecule has 1 N–H and O–H groups in total. The summed E-state index contributed by atoms with van der Waals surface area (Å²) in [6, 6.07) is 13.2. The van der Waals surface area contributed by atoms with Gasteiger partial charge in [0.25, 0.3) is 0 Å². The Bertz CT molecular complexity index is 740. The van der Waals surface area contributed by atoms with Gasteiger partial charge in [-0.3, -0.25) is 0 Å². The van der Waals surface area contributed by atoms with Crippen LogP contribution >= 0.6 is 0 Å². The zero-order chi connectivity index (χ0) is 18.1. The molecule has 5 heteroatoms. The summed E-state index contributed by atoms with van der Waals surface area (Å²) in [4.78, 5) is 0.281. The Labute approximate surface area is 150 Å². The Balaban J connectivity index is 1.85. The summed E-state index contributed by atoms with van der Waals surface area (Å²) in [5.41, 5.74) is 2.06. The van der Waals surface area contributed by atoms with Crippen LogP contribution in [0.3, 0.4) is 0 Å². The average Bonchev–Trinajstić information content (AvgIpc) is 2.61. The van der Waals surface area contributed by atoms with Crippen LogP contribution in [0, 0.1) is 5.82 Å². The van der Waals surface area contributed by atoms with E-state index in [1.165, 1.54) is 37.0 Å². The minimum absolute atomic E-state index is 0.281. The topological polar surface area (TPSA) is 46.2 Å². The van der Waals surface area contributed by atoms with Crippen molar-refractivity contribution in [2.75, 3.05) is 6.54 Å². The molecule has 0 aliphatic heterocycles. The predicted molar refractivity (Wildman–Crippen MR) is 99.6 cm³/mol. The van der Waals surface area contributed by atoms with Gasteiger partial charge < -0.3 is 0 Å². The molecule has 0 spiro atoms. The lowest BCUT2D eigenvalue weighted by Crippen LogP contribution is -2.26. The summed E-state index contributed by atoms with van der Waals surface area (Å²) in [5, 5.41) is 0. The fourth-order valence-electron chi connectivity index (χ4n) is 2.66. The third-order valence-corrected chi connectivity index (χ3v) is 5.65. The Kier molecular flexibility index (Phi) is 7.59. The lowest BCUT2D eigenvalue weighted by molar-refractivity contribution is 0.581. The molecule has 0 aliphatic carbocycles. The van der Waals surface area contributed by atoms with Crippen LogP contribution in [0.2, 0.25) is 0 Å². The van der Waals surface area contributed by atoms with E-state index >= 15 is 0 Å². The number of unbranched alkanes of at least 4 members (excludes halogenated alkanes) is 3. The number of aryl methyl sites for hydroxylation is 1. The van der Waals surface area contributed by atoms with Crippen molar-refractivity contribution in [1.29, 1.82) is 0 Å². The van der Waals surface area contributed by atoms with E-state index in [-0.39, 0.29) is 17.3 Å². The smallest absolute Gasteiger partial charge is 0.211 e. The predicted octanol–water partition coefficient (Wildman–Crippen LogP) is 4.47. The van der Waals surface area contributed by atoms with E-state index < -0.39 is 10.0 Å². The van der Waals surface area contributed by atoms with Gasteiger partial charge in [0.1, 0.15) is 5.82 Å². The van der Waals surface area contributed by atoms with Gasteiger partial charge in [0.05, 0.1) is 4.90 Å². The van der Waals surface area contributed by atoms with Gasteiger partial charge in [-0.15, -0.1) is 0 Å². The molecule has 25 heavy (non-hydrogen) atoms. The van der Waals surface area contributed by atoms with Crippen molar-refractivity contribution in [2.45, 2.75) is 50.3 Å². The first-order valence-electron chi connectivity index (χ1n) is 8.84. The van der Waals surface area contributed by atoms with Crippen molar-refractivity contribution >= 4 is 10.0 Å². The van der Waals surface area contributed by atoms with Crippen molar-refractivity contribution in [3.63, 3.8) is 0 Å². The Morgan fingerprint density at radius 1 is 0.840 bits per heavy atom. The Morgan fingerprint density at radius 2 is 1.44 bits per heavy atom. The number of hydrogen-bond donors (Lipinski definition) is 1. The highest BCUT2D eigenvalue weighted by atomic mass is 32.2. The molecule has 0 unspecified atom stereocenters. The lowest BCUT2D eigenvalue weighted by Gasteiger charge is -2.08. The van der Waals surface area contributed by atoms with Gasteiger partial charge in [-0.25, -0.2) is 17.5 Å². The van der Waals surface area contributed by atoms with E-state index in [0.717, 1.165) is 18.4 Å². The van der Waals surface area contributed by atoms with Gasteiger partial charge >= 0.3 is 0 Å². The van der Waals surface area contributed by atoms with Crippen LogP contribution < -0.4 is 4.72 Å². The largest absolute Gasteiger partial charge is 0.240 e. The maximum Gasteiger partial charge on any atom is 0.240 e. The fourth-order valence-corrected chi connectivity index (χ4v) is 3.69. The zero-order valence-corrected chi connectivity index (χ0v) is 15.5. The van der Waals surface area contributed by atoms with Gasteiger partial charge in [0.15, 0.2) is 0 Å². The number of hydrogen-bond acceptors (Lipinski definition) is 2. The van der Waals surface area contributed by atoms with Gasteiger partial charge in [-0.2, -0.15) is 0 Å². The maximum absolute atomic E-state index is 12.9. The van der Waals surface area contributed by atoms with Crippen molar-refractivity contribution in [3.8, 4) is 0 Å². The Morgan fingerprint density at radius 3 is 2.08 bits per heavy atom. The van der Waals surface area contributed by atoms with Crippen LogP contribution in [-0.4, -0.2) is 15.0 Å². The molecule has 0 atom stereocenters. The number of rotatable bonds is 10. The van der Waals surface area contributed by atoms with Crippen molar-refractivity contribution in [2.24, 2.45) is 0 Å².